The summed E-state index contributed by atoms with van der Waals surface area (Å²) in [5, 5.41) is 0. The molecule has 0 spiro atoms. The Hall–Kier alpha value is -2.14. The van der Waals surface area contributed by atoms with Crippen LogP contribution in [0.25, 0.3) is 0 Å². The van der Waals surface area contributed by atoms with Crippen molar-refractivity contribution >= 4 is 17.4 Å². The van der Waals surface area contributed by atoms with Gasteiger partial charge in [0.05, 0.1) is 24.2 Å². The second-order valence-electron chi connectivity index (χ2n) is 8.56. The molecule has 1 aromatic carbocycles. The molecule has 0 N–H and O–H groups in total. The van der Waals surface area contributed by atoms with Gasteiger partial charge in [-0.25, -0.2) is 0 Å². The fourth-order valence-corrected chi connectivity index (χ4v) is 6.10. The lowest BCUT2D eigenvalue weighted by molar-refractivity contribution is -0.134. The molecule has 5 heteroatoms. The molecule has 3 heterocycles. The van der Waals surface area contributed by atoms with Crippen molar-refractivity contribution in [3.8, 4) is 0 Å². The number of benzene rings is 1. The summed E-state index contributed by atoms with van der Waals surface area (Å²) in [6, 6.07) is 7.86. The number of ketones is 1. The summed E-state index contributed by atoms with van der Waals surface area (Å²) in [4.78, 5) is 30.6. The molecule has 0 radical (unpaired) electrons. The molecule has 3 aliphatic heterocycles. The quantitative estimate of drug-likeness (QED) is 0.708. The van der Waals surface area contributed by atoms with Crippen LogP contribution in [0, 0.1) is 11.8 Å². The molecule has 1 saturated heterocycles. The van der Waals surface area contributed by atoms with Gasteiger partial charge in [0, 0.05) is 44.7 Å². The third kappa shape index (κ3) is 2.09. The third-order valence-electron chi connectivity index (χ3n) is 7.26. The highest BCUT2D eigenvalue weighted by Gasteiger charge is 2.64. The van der Waals surface area contributed by atoms with Gasteiger partial charge < -0.3 is 14.5 Å². The Labute approximate surface area is 160 Å². The SMILES string of the molecule is CC(=O)N1c2ccccc2[C@@]23CCN(C)/C=C4/C(C)OC[C@@H]([C@H]12)[C@H]4CC3=O. The minimum absolute atomic E-state index is 0.0135. The Bertz CT molecular complexity index is 863. The first-order valence-corrected chi connectivity index (χ1v) is 9.91. The minimum atomic E-state index is -0.620. The number of ether oxygens (including phenoxy) is 1. The second kappa shape index (κ2) is 5.68. The number of fused-ring (bicyclic) bond motifs is 1. The fourth-order valence-electron chi connectivity index (χ4n) is 6.10. The highest BCUT2D eigenvalue weighted by molar-refractivity contribution is 6.04. The number of nitrogens with zero attached hydrogens (tertiary/aromatic N) is 2. The van der Waals surface area contributed by atoms with Crippen LogP contribution in [0.3, 0.4) is 0 Å². The van der Waals surface area contributed by atoms with Crippen molar-refractivity contribution in [2.75, 3.05) is 25.1 Å². The molecule has 5 nitrogen and oxygen atoms in total. The summed E-state index contributed by atoms with van der Waals surface area (Å²) >= 11 is 0. The van der Waals surface area contributed by atoms with Crippen molar-refractivity contribution < 1.29 is 14.3 Å². The third-order valence-corrected chi connectivity index (χ3v) is 7.26. The maximum Gasteiger partial charge on any atom is 0.224 e. The van der Waals surface area contributed by atoms with Gasteiger partial charge in [-0.05, 0) is 36.5 Å². The number of Topliss-reactive ketones (excluding diaryl/α,β-unsaturated/α-hetero) is 1. The molecular weight excluding hydrogens is 340 g/mol. The molecule has 1 aromatic rings. The Morgan fingerprint density at radius 1 is 1.30 bits per heavy atom. The Morgan fingerprint density at radius 3 is 2.85 bits per heavy atom. The second-order valence-corrected chi connectivity index (χ2v) is 8.56. The molecule has 1 aliphatic carbocycles. The van der Waals surface area contributed by atoms with E-state index in [0.29, 0.717) is 18.8 Å². The van der Waals surface area contributed by atoms with Crippen molar-refractivity contribution in [3.63, 3.8) is 0 Å². The Morgan fingerprint density at radius 2 is 2.07 bits per heavy atom. The zero-order valence-corrected chi connectivity index (χ0v) is 16.1. The number of hydrogen-bond donors (Lipinski definition) is 0. The molecule has 1 saturated carbocycles. The van der Waals surface area contributed by atoms with Gasteiger partial charge >= 0.3 is 0 Å². The lowest BCUT2D eigenvalue weighted by atomic mass is 9.56. The normalized spacial score (nSPS) is 39.1. The first kappa shape index (κ1) is 17.0. The van der Waals surface area contributed by atoms with Crippen LogP contribution in [-0.2, 0) is 19.7 Å². The van der Waals surface area contributed by atoms with E-state index in [1.807, 2.05) is 23.1 Å². The lowest BCUT2D eigenvalue weighted by Crippen LogP contribution is -2.63. The van der Waals surface area contributed by atoms with Crippen LogP contribution in [0.1, 0.15) is 32.3 Å². The Kier molecular flexibility index (Phi) is 3.57. The number of rotatable bonds is 0. The molecule has 4 bridgehead atoms. The van der Waals surface area contributed by atoms with Gasteiger partial charge in [-0.1, -0.05) is 18.2 Å². The number of para-hydroxylation sites is 1. The minimum Gasteiger partial charge on any atom is -0.380 e. The summed E-state index contributed by atoms with van der Waals surface area (Å²) in [7, 11) is 2.08. The van der Waals surface area contributed by atoms with Crippen LogP contribution in [0.15, 0.2) is 36.0 Å². The van der Waals surface area contributed by atoms with Gasteiger partial charge in [-0.15, -0.1) is 0 Å². The monoisotopic (exact) mass is 366 g/mol. The van der Waals surface area contributed by atoms with Gasteiger partial charge in [0.1, 0.15) is 5.78 Å². The van der Waals surface area contributed by atoms with E-state index in [1.54, 1.807) is 6.92 Å². The van der Waals surface area contributed by atoms with Crippen molar-refractivity contribution in [1.29, 1.82) is 0 Å². The van der Waals surface area contributed by atoms with Crippen LogP contribution in [-0.4, -0.2) is 48.9 Å². The average Bonchev–Trinajstić information content (AvgIpc) is 2.97. The predicted octanol–water partition coefficient (Wildman–Crippen LogP) is 2.50. The summed E-state index contributed by atoms with van der Waals surface area (Å²) in [5.41, 5.74) is 2.53. The van der Waals surface area contributed by atoms with E-state index in [2.05, 4.69) is 31.1 Å². The van der Waals surface area contributed by atoms with E-state index >= 15 is 0 Å². The molecule has 2 fully saturated rings. The van der Waals surface area contributed by atoms with E-state index in [1.165, 1.54) is 5.57 Å². The zero-order valence-electron chi connectivity index (χ0n) is 16.1. The largest absolute Gasteiger partial charge is 0.380 e. The molecule has 142 valence electrons. The average molecular weight is 366 g/mol. The number of amides is 1. The van der Waals surface area contributed by atoms with E-state index in [9.17, 15) is 9.59 Å². The van der Waals surface area contributed by atoms with Gasteiger partial charge in [-0.3, -0.25) is 9.59 Å². The van der Waals surface area contributed by atoms with Crippen LogP contribution >= 0.6 is 0 Å². The first-order chi connectivity index (χ1) is 12.9. The van der Waals surface area contributed by atoms with E-state index in [4.69, 9.17) is 4.74 Å². The number of carbonyl (C=O) groups is 2. The zero-order chi connectivity index (χ0) is 18.9. The molecule has 1 amide bonds. The lowest BCUT2D eigenvalue weighted by Gasteiger charge is -2.51. The molecule has 0 aromatic heterocycles. The van der Waals surface area contributed by atoms with E-state index < -0.39 is 5.41 Å². The summed E-state index contributed by atoms with van der Waals surface area (Å²) in [6.45, 7) is 5.09. The van der Waals surface area contributed by atoms with Gasteiger partial charge in [0.25, 0.3) is 0 Å². The van der Waals surface area contributed by atoms with Crippen LogP contribution in [0.4, 0.5) is 5.69 Å². The molecule has 27 heavy (non-hydrogen) atoms. The highest BCUT2D eigenvalue weighted by atomic mass is 16.5. The number of anilines is 1. The van der Waals surface area contributed by atoms with Crippen LogP contribution < -0.4 is 4.90 Å². The summed E-state index contributed by atoms with van der Waals surface area (Å²) in [6.07, 6.45) is 3.49. The highest BCUT2D eigenvalue weighted by Crippen LogP contribution is 2.58. The van der Waals surface area contributed by atoms with Crippen molar-refractivity contribution in [2.45, 2.75) is 44.2 Å². The fraction of sp³-hybridized carbons (Fsp3) is 0.545. The smallest absolute Gasteiger partial charge is 0.224 e. The molecular formula is C22H26N2O3. The van der Waals surface area contributed by atoms with Gasteiger partial charge in [0.2, 0.25) is 5.91 Å². The summed E-state index contributed by atoms with van der Waals surface area (Å²) in [5.74, 6) is 0.601. The van der Waals surface area contributed by atoms with Gasteiger partial charge in [-0.2, -0.15) is 0 Å². The van der Waals surface area contributed by atoms with E-state index in [0.717, 1.165) is 24.2 Å². The first-order valence-electron chi connectivity index (χ1n) is 9.91. The molecule has 5 atom stereocenters. The number of hydrogen-bond acceptors (Lipinski definition) is 4. The van der Waals surface area contributed by atoms with Crippen molar-refractivity contribution in [3.05, 3.63) is 41.6 Å². The summed E-state index contributed by atoms with van der Waals surface area (Å²) < 4.78 is 6.16. The molecule has 4 aliphatic rings. The predicted molar refractivity (Wildman–Crippen MR) is 102 cm³/mol. The standard InChI is InChI=1S/C22H26N2O3/c1-13-16-11-23(3)9-8-22-18-6-4-5-7-19(18)24(14(2)25)21(22)17(12-27-13)15(16)10-20(22)26/h4-7,11,13,15,17,21H,8-10,12H2,1-3H3/b16-11-/t13?,15-,17+,21-,22+/m0/s1. The number of carbonyl (C=O) groups excluding carboxylic acids is 2. The van der Waals surface area contributed by atoms with Crippen molar-refractivity contribution in [1.82, 2.24) is 4.90 Å². The van der Waals surface area contributed by atoms with Crippen molar-refractivity contribution in [2.24, 2.45) is 11.8 Å². The maximum absolute atomic E-state index is 13.7. The Balaban J connectivity index is 1.78. The van der Waals surface area contributed by atoms with E-state index in [-0.39, 0.29) is 29.9 Å². The maximum atomic E-state index is 13.7. The molecule has 5 rings (SSSR count). The molecule has 1 unspecified atom stereocenters. The van der Waals surface area contributed by atoms with Crippen LogP contribution in [0.2, 0.25) is 0 Å². The van der Waals surface area contributed by atoms with Gasteiger partial charge in [0.15, 0.2) is 0 Å². The topological polar surface area (TPSA) is 49.9 Å². The van der Waals surface area contributed by atoms with Crippen LogP contribution in [0.5, 0.6) is 0 Å².